The number of quaternary nitrogens is 1. The van der Waals surface area contributed by atoms with Gasteiger partial charge in [0, 0.05) is 45.1 Å². The Morgan fingerprint density at radius 2 is 0.933 bits per heavy atom. The van der Waals surface area contributed by atoms with Crippen LogP contribution in [0.5, 0.6) is 0 Å². The zero-order chi connectivity index (χ0) is 55.5. The first-order valence-corrected chi connectivity index (χ1v) is 28.6. The monoisotopic (exact) mass is 1170 g/mol. The number of aliphatic hydroxyl groups is 1. The molecule has 1 N–H and O–H groups in total. The van der Waals surface area contributed by atoms with E-state index in [0.29, 0.717) is 38.8 Å². The first kappa shape index (κ1) is 81.7. The van der Waals surface area contributed by atoms with Crippen molar-refractivity contribution in [1.82, 2.24) is 4.90 Å². The summed E-state index contributed by atoms with van der Waals surface area (Å²) in [5.74, 6) is -1.23. The fraction of sp³-hybridized carbons (Fsp3) is 0.821. The van der Waals surface area contributed by atoms with Crippen molar-refractivity contribution in [2.75, 3.05) is 75.3 Å². The van der Waals surface area contributed by atoms with Crippen LogP contribution in [0.1, 0.15) is 201 Å². The average Bonchev–Trinajstić information content (AvgIpc) is 3.34. The van der Waals surface area contributed by atoms with Gasteiger partial charge in [0.25, 0.3) is 0 Å². The molecular formula is C56H102Cl5N2O12-. The molecule has 0 rings (SSSR count). The van der Waals surface area contributed by atoms with E-state index in [0.717, 1.165) is 146 Å². The third kappa shape index (κ3) is 60.9. The molecule has 19 heteroatoms. The van der Waals surface area contributed by atoms with Gasteiger partial charge in [-0.05, 0) is 102 Å². The molecule has 444 valence electrons. The molecular weight excluding hydrogens is 1070 g/mol. The van der Waals surface area contributed by atoms with Crippen LogP contribution in [0.4, 0.5) is 0 Å². The second-order valence-electron chi connectivity index (χ2n) is 19.5. The molecule has 0 heterocycles. The highest BCUT2D eigenvalue weighted by Gasteiger charge is 2.23. The van der Waals surface area contributed by atoms with Gasteiger partial charge < -0.3 is 63.0 Å². The van der Waals surface area contributed by atoms with Crippen LogP contribution < -0.4 is 24.8 Å². The number of methoxy groups -OCH3 is 2. The van der Waals surface area contributed by atoms with E-state index in [1.165, 1.54) is 14.2 Å². The Balaban J connectivity index is -0.000000380. The number of hydrogen-bond donors (Lipinski definition) is 1. The smallest absolute Gasteiger partial charge is 0.306 e. The number of alkyl halides is 2. The minimum atomic E-state index is -0.441. The van der Waals surface area contributed by atoms with Gasteiger partial charge in [-0.3, -0.25) is 28.8 Å². The third-order valence-electron chi connectivity index (χ3n) is 11.6. The van der Waals surface area contributed by atoms with E-state index >= 15 is 0 Å². The van der Waals surface area contributed by atoms with Crippen LogP contribution in [-0.4, -0.2) is 148 Å². The molecule has 0 aliphatic heterocycles. The zero-order valence-electron chi connectivity index (χ0n) is 47.7. The van der Waals surface area contributed by atoms with Crippen LogP contribution in [0, 0.1) is 0 Å². The fourth-order valence-electron chi connectivity index (χ4n) is 6.84. The van der Waals surface area contributed by atoms with E-state index in [1.807, 2.05) is 26.1 Å². The second kappa shape index (κ2) is 58.0. The summed E-state index contributed by atoms with van der Waals surface area (Å²) >= 11 is 18.4. The molecule has 0 amide bonds. The van der Waals surface area contributed by atoms with Crippen LogP contribution in [0.3, 0.4) is 0 Å². The molecule has 0 aliphatic rings. The Labute approximate surface area is 482 Å². The summed E-state index contributed by atoms with van der Waals surface area (Å²) in [6.45, 7) is 9.38. The number of unbranched alkanes of at least 4 members (excludes halogenated alkanes) is 14. The highest BCUT2D eigenvalue weighted by atomic mass is 35.5. The van der Waals surface area contributed by atoms with E-state index < -0.39 is 5.24 Å². The quantitative estimate of drug-likeness (QED) is 0.0136. The number of aliphatic hydroxyl groups excluding tert-OH is 1. The Bertz CT molecular complexity index is 1450. The van der Waals surface area contributed by atoms with E-state index in [-0.39, 0.29) is 110 Å². The number of carbonyl (C=O) groups is 6. The van der Waals surface area contributed by atoms with Crippen molar-refractivity contribution in [3.05, 3.63) is 24.3 Å². The Morgan fingerprint density at radius 3 is 1.29 bits per heavy atom. The van der Waals surface area contributed by atoms with Gasteiger partial charge in [0.05, 0.1) is 52.7 Å². The van der Waals surface area contributed by atoms with E-state index in [1.54, 1.807) is 0 Å². The highest BCUT2D eigenvalue weighted by molar-refractivity contribution is 6.63. The van der Waals surface area contributed by atoms with Gasteiger partial charge in [-0.1, -0.05) is 109 Å². The number of ether oxygens (including phenoxy) is 5. The van der Waals surface area contributed by atoms with Gasteiger partial charge >= 0.3 is 29.8 Å². The zero-order valence-corrected chi connectivity index (χ0v) is 51.5. The van der Waals surface area contributed by atoms with Crippen molar-refractivity contribution in [3.8, 4) is 0 Å². The molecule has 0 bridgehead atoms. The summed E-state index contributed by atoms with van der Waals surface area (Å²) in [7, 11) is 11.0. The molecule has 0 saturated heterocycles. The third-order valence-corrected chi connectivity index (χ3v) is 12.7. The molecule has 0 aromatic rings. The van der Waals surface area contributed by atoms with Crippen molar-refractivity contribution >= 4 is 69.9 Å². The maximum absolute atomic E-state index is 12.4. The summed E-state index contributed by atoms with van der Waals surface area (Å²) in [6.07, 6.45) is 29.6. The van der Waals surface area contributed by atoms with Crippen LogP contribution in [0.25, 0.3) is 0 Å². The van der Waals surface area contributed by atoms with Crippen molar-refractivity contribution in [2.45, 2.75) is 224 Å². The molecule has 4 atom stereocenters. The number of carbonyl (C=O) groups excluding carboxylic acids is 6. The first-order valence-electron chi connectivity index (χ1n) is 27.4. The lowest BCUT2D eigenvalue weighted by molar-refractivity contribution is -0.870. The summed E-state index contributed by atoms with van der Waals surface area (Å²) < 4.78 is 26.6. The van der Waals surface area contributed by atoms with Crippen LogP contribution in [0.15, 0.2) is 24.3 Å². The summed E-state index contributed by atoms with van der Waals surface area (Å²) in [6, 6.07) is 0. The lowest BCUT2D eigenvalue weighted by Crippen LogP contribution is -3.00. The van der Waals surface area contributed by atoms with Crippen molar-refractivity contribution in [2.24, 2.45) is 0 Å². The predicted molar refractivity (Wildman–Crippen MR) is 297 cm³/mol. The average molecular weight is 1170 g/mol. The van der Waals surface area contributed by atoms with Gasteiger partial charge in [-0.15, -0.1) is 23.2 Å². The predicted octanol–water partition coefficient (Wildman–Crippen LogP) is 6.39. The maximum Gasteiger partial charge on any atom is 0.306 e. The van der Waals surface area contributed by atoms with Crippen LogP contribution in [0.2, 0.25) is 0 Å². The molecule has 0 aromatic heterocycles. The normalized spacial score (nSPS) is 12.7. The number of likely N-dealkylation sites (N-methyl/N-ethyl adjacent to an activating group) is 2. The van der Waals surface area contributed by atoms with Crippen molar-refractivity contribution in [3.63, 3.8) is 0 Å². The number of esters is 5. The van der Waals surface area contributed by atoms with Gasteiger partial charge in [0.1, 0.15) is 25.4 Å². The SMILES string of the molecule is CCCCCC(OC(=O)CCCC(=O)Cl)C(Cl)C=CCCCCCCCC(=O)OC.CCCCCC(OC(=O)CCCC(=O)OCCN(C)CC)C(Cl)C=CCCCCCCCC(=O)OC.C[N+](C)(C)CCO.[Cl-].[Cl-]. The largest absolute Gasteiger partial charge is 1.00 e. The minimum Gasteiger partial charge on any atom is -1.00 e. The van der Waals surface area contributed by atoms with Crippen molar-refractivity contribution in [1.29, 1.82) is 0 Å². The topological polar surface area (TPSA) is 172 Å². The van der Waals surface area contributed by atoms with E-state index in [9.17, 15) is 28.8 Å². The second-order valence-corrected chi connectivity index (χ2v) is 20.9. The van der Waals surface area contributed by atoms with Gasteiger partial charge in [0.15, 0.2) is 0 Å². The molecule has 0 aliphatic carbocycles. The van der Waals surface area contributed by atoms with Crippen LogP contribution in [-0.2, 0) is 52.5 Å². The number of nitrogens with zero attached hydrogens (tertiary/aromatic N) is 2. The maximum atomic E-state index is 12.4. The minimum absolute atomic E-state index is 0. The Morgan fingerprint density at radius 1 is 0.547 bits per heavy atom. The molecule has 0 radical (unpaired) electrons. The molecule has 0 fully saturated rings. The fourth-order valence-corrected chi connectivity index (χ4v) is 7.53. The lowest BCUT2D eigenvalue weighted by Gasteiger charge is -2.21. The highest BCUT2D eigenvalue weighted by Crippen LogP contribution is 2.21. The summed E-state index contributed by atoms with van der Waals surface area (Å²) in [4.78, 5) is 71.3. The summed E-state index contributed by atoms with van der Waals surface area (Å²) in [5.41, 5.74) is 0. The number of hydrogen-bond acceptors (Lipinski definition) is 13. The lowest BCUT2D eigenvalue weighted by atomic mass is 10.1. The Hall–Kier alpha value is -2.17. The van der Waals surface area contributed by atoms with Crippen LogP contribution >= 0.6 is 34.8 Å². The molecule has 0 aromatic carbocycles. The molecule has 4 unspecified atom stereocenters. The number of rotatable bonds is 44. The standard InChI is InChI=1S/C28H50ClNO6.C23H38Cl2O5.C5H14NO.2ClH/c1-5-7-13-18-25(24(29)17-14-11-9-8-10-12-15-19-26(31)34-4)36-28(33)21-16-20-27(32)35-23-22-30(3)6-2;1-3-4-10-15-20(30-23(28)18-13-16-21(25)26)19(24)14-11-8-6-5-7-9-12-17-22(27)29-2;1-6(2,3)4-5-7;;/h14,17,24-25H,5-13,15-16,18-23H2,1-4H3;11,14,19-20H,3-10,12-13,15-18H2,1-2H3;7H,4-5H2,1-3H3;2*1H/q;;+1;;/p-2. The molecule has 14 nitrogen and oxygen atoms in total. The first-order chi connectivity index (χ1) is 34.8. The molecule has 0 spiro atoms. The van der Waals surface area contributed by atoms with Gasteiger partial charge in [0.2, 0.25) is 5.24 Å². The Kier molecular flexibility index (Phi) is 63.2. The molecule has 75 heavy (non-hydrogen) atoms. The van der Waals surface area contributed by atoms with E-state index in [2.05, 4.69) is 61.5 Å². The van der Waals surface area contributed by atoms with Gasteiger partial charge in [-0.2, -0.15) is 0 Å². The molecule has 0 saturated carbocycles. The number of halogens is 5. The number of allylic oxidation sites excluding steroid dienone is 2. The van der Waals surface area contributed by atoms with Gasteiger partial charge in [-0.25, -0.2) is 0 Å². The van der Waals surface area contributed by atoms with E-state index in [4.69, 9.17) is 54.1 Å². The summed E-state index contributed by atoms with van der Waals surface area (Å²) in [5, 5.41) is 7.22. The van der Waals surface area contributed by atoms with Crippen molar-refractivity contribution < 1.29 is 86.9 Å².